The molecule has 5 heteroatoms. The van der Waals surface area contributed by atoms with Crippen LogP contribution in [0.3, 0.4) is 0 Å². The van der Waals surface area contributed by atoms with E-state index in [0.717, 1.165) is 16.6 Å². The van der Waals surface area contributed by atoms with Crippen LogP contribution in [0.5, 0.6) is 0 Å². The predicted octanol–water partition coefficient (Wildman–Crippen LogP) is 1.29. The van der Waals surface area contributed by atoms with Crippen LogP contribution in [0.1, 0.15) is 5.69 Å². The molecule has 0 fully saturated rings. The summed E-state index contributed by atoms with van der Waals surface area (Å²) in [5.41, 5.74) is 1.75. The van der Waals surface area contributed by atoms with Gasteiger partial charge in [-0.25, -0.2) is 8.42 Å². The van der Waals surface area contributed by atoms with Gasteiger partial charge >= 0.3 is 0 Å². The number of aromatic nitrogens is 2. The highest BCUT2D eigenvalue weighted by Crippen LogP contribution is 2.21. The van der Waals surface area contributed by atoms with Crippen LogP contribution in [0.4, 0.5) is 0 Å². The molecule has 0 radical (unpaired) electrons. The molecular weight excluding hydrogens is 212 g/mol. The Balaban J connectivity index is 2.82. The fourth-order valence-corrected chi connectivity index (χ4v) is 2.29. The van der Waals surface area contributed by atoms with Crippen LogP contribution >= 0.6 is 0 Å². The zero-order valence-corrected chi connectivity index (χ0v) is 9.67. The van der Waals surface area contributed by atoms with Crippen molar-refractivity contribution in [3.63, 3.8) is 0 Å². The van der Waals surface area contributed by atoms with Crippen LogP contribution in [0.15, 0.2) is 23.1 Å². The van der Waals surface area contributed by atoms with Gasteiger partial charge in [-0.3, -0.25) is 4.68 Å². The average molecular weight is 224 g/mol. The minimum atomic E-state index is -3.14. The number of rotatable bonds is 1. The summed E-state index contributed by atoms with van der Waals surface area (Å²) in [6.45, 7) is 1.91. The Hall–Kier alpha value is -1.36. The number of hydrogen-bond acceptors (Lipinski definition) is 3. The van der Waals surface area contributed by atoms with Gasteiger partial charge in [0.05, 0.1) is 16.1 Å². The lowest BCUT2D eigenvalue weighted by Gasteiger charge is -1.99. The Kier molecular flexibility index (Phi) is 2.08. The Morgan fingerprint density at radius 2 is 2.00 bits per heavy atom. The number of fused-ring (bicyclic) bond motifs is 1. The molecule has 0 atom stereocenters. The molecule has 1 heterocycles. The molecule has 4 nitrogen and oxygen atoms in total. The fraction of sp³-hybridized carbons (Fsp3) is 0.300. The van der Waals surface area contributed by atoms with Crippen molar-refractivity contribution in [2.45, 2.75) is 11.8 Å². The van der Waals surface area contributed by atoms with Crippen molar-refractivity contribution in [2.24, 2.45) is 7.05 Å². The topological polar surface area (TPSA) is 52.0 Å². The monoisotopic (exact) mass is 224 g/mol. The highest BCUT2D eigenvalue weighted by Gasteiger charge is 2.11. The van der Waals surface area contributed by atoms with Crippen molar-refractivity contribution in [3.8, 4) is 0 Å². The molecule has 0 unspecified atom stereocenters. The van der Waals surface area contributed by atoms with Gasteiger partial charge in [-0.1, -0.05) is 0 Å². The summed E-state index contributed by atoms with van der Waals surface area (Å²) in [7, 11) is -1.34. The van der Waals surface area contributed by atoms with Crippen LogP contribution in [-0.2, 0) is 16.9 Å². The fourth-order valence-electron chi connectivity index (χ4n) is 1.65. The van der Waals surface area contributed by atoms with E-state index < -0.39 is 9.84 Å². The van der Waals surface area contributed by atoms with Crippen LogP contribution in [0.2, 0.25) is 0 Å². The quantitative estimate of drug-likeness (QED) is 0.733. The third-order valence-corrected chi connectivity index (χ3v) is 3.55. The molecule has 2 aromatic rings. The predicted molar refractivity (Wildman–Crippen MR) is 58.6 cm³/mol. The molecular formula is C10H12N2O2S. The van der Waals surface area contributed by atoms with Crippen molar-refractivity contribution >= 4 is 20.7 Å². The molecule has 0 aliphatic rings. The van der Waals surface area contributed by atoms with Crippen LogP contribution in [0.25, 0.3) is 10.9 Å². The zero-order chi connectivity index (χ0) is 11.2. The van der Waals surface area contributed by atoms with Crippen molar-refractivity contribution in [3.05, 3.63) is 23.9 Å². The average Bonchev–Trinajstić information content (AvgIpc) is 2.41. The molecule has 0 aliphatic heterocycles. The lowest BCUT2D eigenvalue weighted by molar-refractivity contribution is 0.602. The standard InChI is InChI=1S/C10H12N2O2S/c1-7-9-5-4-8(15(3,13)14)6-10(9)12(2)11-7/h4-6H,1-3H3. The van der Waals surface area contributed by atoms with Crippen molar-refractivity contribution in [2.75, 3.05) is 6.26 Å². The van der Waals surface area contributed by atoms with Gasteiger partial charge in [0.1, 0.15) is 0 Å². The number of hydrogen-bond donors (Lipinski definition) is 0. The molecule has 0 bridgehead atoms. The number of benzene rings is 1. The number of nitrogens with zero attached hydrogens (tertiary/aromatic N) is 2. The second-order valence-corrected chi connectivity index (χ2v) is 5.68. The van der Waals surface area contributed by atoms with E-state index in [0.29, 0.717) is 4.90 Å². The second-order valence-electron chi connectivity index (χ2n) is 3.66. The van der Waals surface area contributed by atoms with Gasteiger partial charge in [-0.2, -0.15) is 5.10 Å². The van der Waals surface area contributed by atoms with Crippen molar-refractivity contribution in [1.29, 1.82) is 0 Å². The summed E-state index contributed by atoms with van der Waals surface area (Å²) in [5.74, 6) is 0. The van der Waals surface area contributed by atoms with E-state index >= 15 is 0 Å². The maximum absolute atomic E-state index is 11.4. The minimum absolute atomic E-state index is 0.331. The molecule has 2 rings (SSSR count). The molecule has 0 spiro atoms. The molecule has 1 aromatic carbocycles. The smallest absolute Gasteiger partial charge is 0.175 e. The van der Waals surface area contributed by atoms with E-state index in [1.54, 1.807) is 29.9 Å². The lowest BCUT2D eigenvalue weighted by Crippen LogP contribution is -1.97. The van der Waals surface area contributed by atoms with E-state index in [4.69, 9.17) is 0 Å². The SMILES string of the molecule is Cc1nn(C)c2cc(S(C)(=O)=O)ccc12. The van der Waals surface area contributed by atoms with Gasteiger partial charge in [0.15, 0.2) is 9.84 Å². The molecule has 0 saturated heterocycles. The molecule has 0 N–H and O–H groups in total. The summed E-state index contributed by atoms with van der Waals surface area (Å²) < 4.78 is 24.4. The van der Waals surface area contributed by atoms with Crippen LogP contribution < -0.4 is 0 Å². The van der Waals surface area contributed by atoms with Gasteiger partial charge < -0.3 is 0 Å². The third kappa shape index (κ3) is 1.63. The largest absolute Gasteiger partial charge is 0.268 e. The first-order valence-electron chi connectivity index (χ1n) is 4.53. The van der Waals surface area contributed by atoms with Gasteiger partial charge in [-0.15, -0.1) is 0 Å². The molecule has 1 aromatic heterocycles. The summed E-state index contributed by atoms with van der Waals surface area (Å²) in [6.07, 6.45) is 1.21. The molecule has 0 aliphatic carbocycles. The molecule has 15 heavy (non-hydrogen) atoms. The van der Waals surface area contributed by atoms with E-state index in [1.165, 1.54) is 6.26 Å². The van der Waals surface area contributed by atoms with E-state index in [2.05, 4.69) is 5.10 Å². The zero-order valence-electron chi connectivity index (χ0n) is 8.85. The van der Waals surface area contributed by atoms with Gasteiger partial charge in [0.25, 0.3) is 0 Å². The van der Waals surface area contributed by atoms with E-state index in [9.17, 15) is 8.42 Å². The van der Waals surface area contributed by atoms with Gasteiger partial charge in [0, 0.05) is 18.7 Å². The van der Waals surface area contributed by atoms with Crippen molar-refractivity contribution < 1.29 is 8.42 Å². The third-order valence-electron chi connectivity index (χ3n) is 2.44. The van der Waals surface area contributed by atoms with E-state index in [1.807, 2.05) is 6.92 Å². The first kappa shape index (κ1) is 10.2. The Bertz CT molecular complexity index is 626. The lowest BCUT2D eigenvalue weighted by atomic mass is 10.2. The molecule has 80 valence electrons. The number of aryl methyl sites for hydroxylation is 2. The Morgan fingerprint density at radius 1 is 1.33 bits per heavy atom. The first-order valence-corrected chi connectivity index (χ1v) is 6.42. The summed E-state index contributed by atoms with van der Waals surface area (Å²) >= 11 is 0. The Labute approximate surface area is 88.4 Å². The maximum Gasteiger partial charge on any atom is 0.175 e. The highest BCUT2D eigenvalue weighted by molar-refractivity contribution is 7.90. The van der Waals surface area contributed by atoms with Crippen LogP contribution in [-0.4, -0.2) is 24.5 Å². The second kappa shape index (κ2) is 3.06. The summed E-state index contributed by atoms with van der Waals surface area (Å²) in [5, 5.41) is 5.23. The van der Waals surface area contributed by atoms with Gasteiger partial charge in [-0.05, 0) is 25.1 Å². The Morgan fingerprint density at radius 3 is 2.60 bits per heavy atom. The highest BCUT2D eigenvalue weighted by atomic mass is 32.2. The molecule has 0 saturated carbocycles. The summed E-state index contributed by atoms with van der Waals surface area (Å²) in [6, 6.07) is 5.07. The minimum Gasteiger partial charge on any atom is -0.268 e. The van der Waals surface area contributed by atoms with Crippen LogP contribution in [0, 0.1) is 6.92 Å². The normalized spacial score (nSPS) is 12.2. The summed E-state index contributed by atoms with van der Waals surface area (Å²) in [4.78, 5) is 0.331. The molecule has 0 amide bonds. The first-order chi connectivity index (χ1) is 6.89. The maximum atomic E-state index is 11.4. The number of sulfone groups is 1. The van der Waals surface area contributed by atoms with Crippen molar-refractivity contribution in [1.82, 2.24) is 9.78 Å². The van der Waals surface area contributed by atoms with Gasteiger partial charge in [0.2, 0.25) is 0 Å². The van der Waals surface area contributed by atoms with E-state index in [-0.39, 0.29) is 0 Å².